The molecule has 2 aliphatic heterocycles. The predicted molar refractivity (Wildman–Crippen MR) is 127 cm³/mol. The molecule has 0 radical (unpaired) electrons. The molecule has 2 saturated heterocycles. The highest BCUT2D eigenvalue weighted by molar-refractivity contribution is 5.85. The minimum Gasteiger partial charge on any atom is -0.372 e. The second-order valence-electron chi connectivity index (χ2n) is 10.6. The van der Waals surface area contributed by atoms with Crippen molar-refractivity contribution in [3.8, 4) is 6.07 Å². The predicted octanol–water partition coefficient (Wildman–Crippen LogP) is 4.39. The van der Waals surface area contributed by atoms with Gasteiger partial charge in [0.25, 0.3) is 0 Å². The fraction of sp³-hybridized carbons (Fsp3) is 0.654. The highest BCUT2D eigenvalue weighted by atomic mass is 19.4. The van der Waals surface area contributed by atoms with Crippen molar-refractivity contribution in [2.45, 2.75) is 46.2 Å². The number of halogens is 3. The molecule has 0 N–H and O–H groups in total. The first kappa shape index (κ1) is 26.8. The average molecular weight is 493 g/mol. The number of carbonyl (C=O) groups excluding carboxylic acids is 2. The number of piperidine rings is 1. The van der Waals surface area contributed by atoms with Crippen molar-refractivity contribution in [1.82, 2.24) is 9.80 Å². The van der Waals surface area contributed by atoms with Crippen molar-refractivity contribution in [2.24, 2.45) is 23.2 Å². The molecule has 0 saturated carbocycles. The third-order valence-corrected chi connectivity index (χ3v) is 7.81. The standard InChI is InChI=1S/C26H35F3N4O2/c1-6-25(2,3)24(35)33-15-20(21(16-33)23(34)31(4)5)17-9-11-32(12-10-17)19-8-7-18(14-30)22(13-19)26(27,28)29/h7-8,13,17,20-21H,6,9-12,15-16H2,1-5H3/t20-,21+/m0/s1. The minimum atomic E-state index is -4.59. The maximum absolute atomic E-state index is 13.4. The van der Waals surface area contributed by atoms with Gasteiger partial charge in [0.2, 0.25) is 11.8 Å². The number of rotatable bonds is 5. The van der Waals surface area contributed by atoms with Gasteiger partial charge in [-0.2, -0.15) is 18.4 Å². The quantitative estimate of drug-likeness (QED) is 0.611. The van der Waals surface area contributed by atoms with E-state index in [-0.39, 0.29) is 35.1 Å². The number of alkyl halides is 3. The topological polar surface area (TPSA) is 67.7 Å². The van der Waals surface area contributed by atoms with E-state index in [1.165, 1.54) is 6.07 Å². The summed E-state index contributed by atoms with van der Waals surface area (Å²) in [5.41, 5.74) is -1.34. The molecule has 6 nitrogen and oxygen atoms in total. The molecule has 2 fully saturated rings. The Morgan fingerprint density at radius 3 is 2.29 bits per heavy atom. The maximum Gasteiger partial charge on any atom is 0.417 e. The fourth-order valence-corrected chi connectivity index (χ4v) is 5.29. The van der Waals surface area contributed by atoms with Gasteiger partial charge in [-0.3, -0.25) is 9.59 Å². The van der Waals surface area contributed by atoms with Crippen LogP contribution in [0.15, 0.2) is 18.2 Å². The zero-order valence-electron chi connectivity index (χ0n) is 21.2. The monoisotopic (exact) mass is 492 g/mol. The van der Waals surface area contributed by atoms with Gasteiger partial charge >= 0.3 is 6.18 Å². The van der Waals surface area contributed by atoms with Gasteiger partial charge in [-0.25, -0.2) is 0 Å². The van der Waals surface area contributed by atoms with Crippen LogP contribution in [-0.2, 0) is 15.8 Å². The first-order valence-corrected chi connectivity index (χ1v) is 12.2. The fourth-order valence-electron chi connectivity index (χ4n) is 5.29. The largest absolute Gasteiger partial charge is 0.417 e. The number of hydrogen-bond acceptors (Lipinski definition) is 4. The van der Waals surface area contributed by atoms with Crippen molar-refractivity contribution in [3.63, 3.8) is 0 Å². The molecule has 2 atom stereocenters. The molecule has 2 heterocycles. The molecule has 0 bridgehead atoms. The number of benzene rings is 1. The molecule has 192 valence electrons. The van der Waals surface area contributed by atoms with Gasteiger partial charge in [0.15, 0.2) is 0 Å². The molecule has 3 rings (SSSR count). The molecule has 9 heteroatoms. The number of carbonyl (C=O) groups is 2. The number of likely N-dealkylation sites (tertiary alicyclic amines) is 1. The Kier molecular flexibility index (Phi) is 7.73. The molecule has 2 amide bonds. The summed E-state index contributed by atoms with van der Waals surface area (Å²) in [5, 5.41) is 9.05. The van der Waals surface area contributed by atoms with Crippen LogP contribution in [-0.4, -0.2) is 61.9 Å². The van der Waals surface area contributed by atoms with Crippen molar-refractivity contribution >= 4 is 17.5 Å². The summed E-state index contributed by atoms with van der Waals surface area (Å²) in [6.07, 6.45) is -2.43. The van der Waals surface area contributed by atoms with E-state index in [9.17, 15) is 22.8 Å². The maximum atomic E-state index is 13.4. The van der Waals surface area contributed by atoms with E-state index in [2.05, 4.69) is 0 Å². The Morgan fingerprint density at radius 2 is 1.77 bits per heavy atom. The molecule has 0 spiro atoms. The van der Waals surface area contributed by atoms with E-state index in [1.807, 2.05) is 30.6 Å². The highest BCUT2D eigenvalue weighted by Crippen LogP contribution is 2.40. The lowest BCUT2D eigenvalue weighted by atomic mass is 9.78. The number of nitriles is 1. The van der Waals surface area contributed by atoms with Gasteiger partial charge in [-0.1, -0.05) is 20.8 Å². The second-order valence-corrected chi connectivity index (χ2v) is 10.6. The summed E-state index contributed by atoms with van der Waals surface area (Å²) < 4.78 is 40.2. The highest BCUT2D eigenvalue weighted by Gasteiger charge is 2.46. The van der Waals surface area contributed by atoms with Crippen molar-refractivity contribution in [1.29, 1.82) is 5.26 Å². The van der Waals surface area contributed by atoms with Crippen LogP contribution in [0.2, 0.25) is 0 Å². The van der Waals surface area contributed by atoms with E-state index in [0.29, 0.717) is 38.3 Å². The van der Waals surface area contributed by atoms with Crippen LogP contribution in [0, 0.1) is 34.5 Å². The van der Waals surface area contributed by atoms with Crippen LogP contribution in [0.5, 0.6) is 0 Å². The van der Waals surface area contributed by atoms with Gasteiger partial charge in [0, 0.05) is 51.4 Å². The number of anilines is 1. The zero-order chi connectivity index (χ0) is 26.1. The third kappa shape index (κ3) is 5.57. The number of amides is 2. The Balaban J connectivity index is 1.76. The molecule has 0 aromatic heterocycles. The van der Waals surface area contributed by atoms with Gasteiger partial charge in [-0.15, -0.1) is 0 Å². The summed E-state index contributed by atoms with van der Waals surface area (Å²) in [5.74, 6) is 0.0288. The SMILES string of the molecule is CCC(C)(C)C(=O)N1C[C@@H](C(=O)N(C)C)[C@H](C2CCN(c3ccc(C#N)c(C(F)(F)F)c3)CC2)C1. The first-order chi connectivity index (χ1) is 16.3. The van der Waals surface area contributed by atoms with E-state index in [4.69, 9.17) is 5.26 Å². The van der Waals surface area contributed by atoms with Crippen LogP contribution in [0.1, 0.15) is 51.2 Å². The van der Waals surface area contributed by atoms with Crippen molar-refractivity contribution in [3.05, 3.63) is 29.3 Å². The van der Waals surface area contributed by atoms with Crippen LogP contribution >= 0.6 is 0 Å². The molecule has 1 aromatic carbocycles. The molecule has 1 aromatic rings. The van der Waals surface area contributed by atoms with Crippen LogP contribution in [0.25, 0.3) is 0 Å². The molecular weight excluding hydrogens is 457 g/mol. The Hall–Kier alpha value is -2.76. The lowest BCUT2D eigenvalue weighted by Gasteiger charge is -2.38. The van der Waals surface area contributed by atoms with Crippen LogP contribution in [0.4, 0.5) is 18.9 Å². The second kappa shape index (κ2) is 10.1. The molecule has 35 heavy (non-hydrogen) atoms. The lowest BCUT2D eigenvalue weighted by Crippen LogP contribution is -2.41. The van der Waals surface area contributed by atoms with E-state index in [1.54, 1.807) is 31.1 Å². The number of hydrogen-bond donors (Lipinski definition) is 0. The average Bonchev–Trinajstić information content (AvgIpc) is 3.27. The minimum absolute atomic E-state index is 0.0175. The Bertz CT molecular complexity index is 991. The zero-order valence-corrected chi connectivity index (χ0v) is 21.2. The molecule has 0 unspecified atom stereocenters. The first-order valence-electron chi connectivity index (χ1n) is 12.2. The Labute approximate surface area is 205 Å². The molecule has 0 aliphatic carbocycles. The van der Waals surface area contributed by atoms with Gasteiger partial charge in [-0.05, 0) is 49.3 Å². The Morgan fingerprint density at radius 1 is 1.14 bits per heavy atom. The van der Waals surface area contributed by atoms with Crippen LogP contribution < -0.4 is 4.90 Å². The summed E-state index contributed by atoms with van der Waals surface area (Å²) in [6.45, 7) is 7.90. The third-order valence-electron chi connectivity index (χ3n) is 7.81. The van der Waals surface area contributed by atoms with Crippen molar-refractivity contribution in [2.75, 3.05) is 45.2 Å². The summed E-state index contributed by atoms with van der Waals surface area (Å²) in [7, 11) is 3.46. The molecule has 2 aliphatic rings. The number of nitrogens with zero attached hydrogens (tertiary/aromatic N) is 4. The summed E-state index contributed by atoms with van der Waals surface area (Å²) >= 11 is 0. The van der Waals surface area contributed by atoms with Crippen LogP contribution in [0.3, 0.4) is 0 Å². The van der Waals surface area contributed by atoms with E-state index < -0.39 is 17.2 Å². The van der Waals surface area contributed by atoms with Gasteiger partial charge in [0.05, 0.1) is 23.1 Å². The van der Waals surface area contributed by atoms with E-state index >= 15 is 0 Å². The van der Waals surface area contributed by atoms with Gasteiger partial charge < -0.3 is 14.7 Å². The van der Waals surface area contributed by atoms with Crippen molar-refractivity contribution < 1.29 is 22.8 Å². The van der Waals surface area contributed by atoms with E-state index in [0.717, 1.165) is 18.9 Å². The summed E-state index contributed by atoms with van der Waals surface area (Å²) in [4.78, 5) is 31.5. The molecular formula is C26H35F3N4O2. The normalized spacial score (nSPS) is 21.7. The summed E-state index contributed by atoms with van der Waals surface area (Å²) in [6, 6.07) is 5.47. The lowest BCUT2D eigenvalue weighted by molar-refractivity contribution is -0.140. The van der Waals surface area contributed by atoms with Gasteiger partial charge in [0.1, 0.15) is 0 Å². The smallest absolute Gasteiger partial charge is 0.372 e.